The zero-order chi connectivity index (χ0) is 13.0. The molecular formula is C13H20N2O3. The SMILES string of the molecule is Cc1coc(C)c1C(=O)NCCN1CCOCC1. The number of rotatable bonds is 4. The molecule has 100 valence electrons. The van der Waals surface area contributed by atoms with Crippen molar-refractivity contribution < 1.29 is 13.9 Å². The lowest BCUT2D eigenvalue weighted by Crippen LogP contribution is -2.41. The maximum Gasteiger partial charge on any atom is 0.255 e. The average Bonchev–Trinajstić information content (AvgIpc) is 2.70. The first-order valence-electron chi connectivity index (χ1n) is 6.31. The number of ether oxygens (including phenoxy) is 1. The second kappa shape index (κ2) is 6.02. The molecule has 0 bridgehead atoms. The largest absolute Gasteiger partial charge is 0.469 e. The highest BCUT2D eigenvalue weighted by Gasteiger charge is 2.16. The van der Waals surface area contributed by atoms with Gasteiger partial charge in [0.1, 0.15) is 5.76 Å². The van der Waals surface area contributed by atoms with Crippen molar-refractivity contribution in [3.05, 3.63) is 23.2 Å². The van der Waals surface area contributed by atoms with Crippen LogP contribution in [-0.2, 0) is 4.74 Å². The lowest BCUT2D eigenvalue weighted by Gasteiger charge is -2.26. The molecule has 0 atom stereocenters. The molecule has 18 heavy (non-hydrogen) atoms. The summed E-state index contributed by atoms with van der Waals surface area (Å²) in [7, 11) is 0. The van der Waals surface area contributed by atoms with Crippen LogP contribution in [0.5, 0.6) is 0 Å². The molecule has 0 saturated carbocycles. The van der Waals surface area contributed by atoms with E-state index in [4.69, 9.17) is 9.15 Å². The van der Waals surface area contributed by atoms with Crippen molar-refractivity contribution in [2.24, 2.45) is 0 Å². The summed E-state index contributed by atoms with van der Waals surface area (Å²) in [5.41, 5.74) is 1.55. The van der Waals surface area contributed by atoms with Gasteiger partial charge in [0, 0.05) is 31.7 Å². The minimum Gasteiger partial charge on any atom is -0.469 e. The predicted molar refractivity (Wildman–Crippen MR) is 67.8 cm³/mol. The van der Waals surface area contributed by atoms with Crippen molar-refractivity contribution in [3.63, 3.8) is 0 Å². The van der Waals surface area contributed by atoms with Crippen LogP contribution in [0.3, 0.4) is 0 Å². The number of furan rings is 1. The average molecular weight is 252 g/mol. The Labute approximate surface area is 107 Å². The van der Waals surface area contributed by atoms with Gasteiger partial charge in [-0.15, -0.1) is 0 Å². The minimum atomic E-state index is -0.0491. The fourth-order valence-electron chi connectivity index (χ4n) is 2.15. The monoisotopic (exact) mass is 252 g/mol. The topological polar surface area (TPSA) is 54.7 Å². The Morgan fingerprint density at radius 3 is 2.72 bits per heavy atom. The summed E-state index contributed by atoms with van der Waals surface area (Å²) in [5.74, 6) is 0.628. The van der Waals surface area contributed by atoms with Gasteiger partial charge in [0.05, 0.1) is 25.0 Å². The Morgan fingerprint density at radius 2 is 2.11 bits per heavy atom. The van der Waals surface area contributed by atoms with E-state index in [1.165, 1.54) is 0 Å². The van der Waals surface area contributed by atoms with Crippen LogP contribution in [0, 0.1) is 13.8 Å². The summed E-state index contributed by atoms with van der Waals surface area (Å²) in [4.78, 5) is 14.3. The van der Waals surface area contributed by atoms with Crippen molar-refractivity contribution >= 4 is 5.91 Å². The van der Waals surface area contributed by atoms with E-state index >= 15 is 0 Å². The van der Waals surface area contributed by atoms with Gasteiger partial charge >= 0.3 is 0 Å². The number of amides is 1. The fraction of sp³-hybridized carbons (Fsp3) is 0.615. The lowest BCUT2D eigenvalue weighted by atomic mass is 10.1. The molecule has 5 heteroatoms. The van der Waals surface area contributed by atoms with Crippen LogP contribution >= 0.6 is 0 Å². The lowest BCUT2D eigenvalue weighted by molar-refractivity contribution is 0.0383. The number of nitrogens with zero attached hydrogens (tertiary/aromatic N) is 1. The van der Waals surface area contributed by atoms with E-state index in [-0.39, 0.29) is 5.91 Å². The number of nitrogens with one attached hydrogen (secondary N) is 1. The van der Waals surface area contributed by atoms with Crippen molar-refractivity contribution in [2.45, 2.75) is 13.8 Å². The number of morpholine rings is 1. The molecule has 2 rings (SSSR count). The summed E-state index contributed by atoms with van der Waals surface area (Å²) in [6.07, 6.45) is 1.62. The molecule has 1 N–H and O–H groups in total. The number of hydrogen-bond acceptors (Lipinski definition) is 4. The Kier molecular flexibility index (Phi) is 4.38. The number of carbonyl (C=O) groups excluding carboxylic acids is 1. The van der Waals surface area contributed by atoms with Crippen molar-refractivity contribution in [1.82, 2.24) is 10.2 Å². The third-order valence-corrected chi connectivity index (χ3v) is 3.20. The summed E-state index contributed by atoms with van der Waals surface area (Å²) < 4.78 is 10.5. The molecule has 1 amide bonds. The highest BCUT2D eigenvalue weighted by molar-refractivity contribution is 5.96. The van der Waals surface area contributed by atoms with E-state index in [0.717, 1.165) is 38.4 Å². The highest BCUT2D eigenvalue weighted by Crippen LogP contribution is 2.14. The standard InChI is InChI=1S/C13H20N2O3/c1-10-9-18-11(2)12(10)13(16)14-3-4-15-5-7-17-8-6-15/h9H,3-8H2,1-2H3,(H,14,16). The van der Waals surface area contributed by atoms with Crippen LogP contribution in [0.15, 0.2) is 10.7 Å². The van der Waals surface area contributed by atoms with Crippen LogP contribution in [0.25, 0.3) is 0 Å². The Balaban J connectivity index is 1.78. The quantitative estimate of drug-likeness (QED) is 0.867. The van der Waals surface area contributed by atoms with Gasteiger partial charge in [-0.2, -0.15) is 0 Å². The van der Waals surface area contributed by atoms with E-state index in [2.05, 4.69) is 10.2 Å². The normalized spacial score (nSPS) is 16.8. The predicted octanol–water partition coefficient (Wildman–Crippen LogP) is 0.958. The maximum atomic E-state index is 12.0. The third-order valence-electron chi connectivity index (χ3n) is 3.20. The molecule has 5 nitrogen and oxygen atoms in total. The zero-order valence-corrected chi connectivity index (χ0v) is 11.0. The molecule has 0 aromatic carbocycles. The van der Waals surface area contributed by atoms with Gasteiger partial charge in [0.2, 0.25) is 0 Å². The van der Waals surface area contributed by atoms with Gasteiger partial charge in [-0.1, -0.05) is 0 Å². The molecule has 2 heterocycles. The van der Waals surface area contributed by atoms with Gasteiger partial charge < -0.3 is 14.5 Å². The van der Waals surface area contributed by atoms with Crippen molar-refractivity contribution in [2.75, 3.05) is 39.4 Å². The molecule has 0 unspecified atom stereocenters. The molecule has 1 saturated heterocycles. The summed E-state index contributed by atoms with van der Waals surface area (Å²) in [5, 5.41) is 2.93. The molecule has 0 aliphatic carbocycles. The summed E-state index contributed by atoms with van der Waals surface area (Å²) in [6, 6.07) is 0. The van der Waals surface area contributed by atoms with Crippen molar-refractivity contribution in [1.29, 1.82) is 0 Å². The number of aryl methyl sites for hydroxylation is 2. The third kappa shape index (κ3) is 3.11. The van der Waals surface area contributed by atoms with Crippen LogP contribution < -0.4 is 5.32 Å². The van der Waals surface area contributed by atoms with E-state index in [1.54, 1.807) is 6.26 Å². The Hall–Kier alpha value is -1.33. The van der Waals surface area contributed by atoms with Gasteiger partial charge in [0.15, 0.2) is 0 Å². The van der Waals surface area contributed by atoms with E-state index in [0.29, 0.717) is 17.9 Å². The number of hydrogen-bond donors (Lipinski definition) is 1. The molecule has 1 aliphatic heterocycles. The highest BCUT2D eigenvalue weighted by atomic mass is 16.5. The second-order valence-electron chi connectivity index (χ2n) is 4.56. The van der Waals surface area contributed by atoms with Crippen LogP contribution in [0.4, 0.5) is 0 Å². The molecule has 1 aromatic heterocycles. The van der Waals surface area contributed by atoms with Gasteiger partial charge in [0.25, 0.3) is 5.91 Å². The van der Waals surface area contributed by atoms with E-state index in [1.807, 2.05) is 13.8 Å². The summed E-state index contributed by atoms with van der Waals surface area (Å²) >= 11 is 0. The van der Waals surface area contributed by atoms with Crippen molar-refractivity contribution in [3.8, 4) is 0 Å². The minimum absolute atomic E-state index is 0.0491. The molecular weight excluding hydrogens is 232 g/mol. The summed E-state index contributed by atoms with van der Waals surface area (Å²) in [6.45, 7) is 8.67. The van der Waals surface area contributed by atoms with Crippen LogP contribution in [0.1, 0.15) is 21.7 Å². The smallest absolute Gasteiger partial charge is 0.255 e. The first-order chi connectivity index (χ1) is 8.68. The zero-order valence-electron chi connectivity index (χ0n) is 11.0. The Bertz CT molecular complexity index is 389. The number of carbonyl (C=O) groups is 1. The fourth-order valence-corrected chi connectivity index (χ4v) is 2.15. The second-order valence-corrected chi connectivity index (χ2v) is 4.56. The van der Waals surface area contributed by atoms with E-state index < -0.39 is 0 Å². The Morgan fingerprint density at radius 1 is 1.39 bits per heavy atom. The van der Waals surface area contributed by atoms with Gasteiger partial charge in [-0.05, 0) is 13.8 Å². The maximum absolute atomic E-state index is 12.0. The molecule has 1 aromatic rings. The van der Waals surface area contributed by atoms with Gasteiger partial charge in [-0.25, -0.2) is 0 Å². The first-order valence-corrected chi connectivity index (χ1v) is 6.31. The molecule has 0 spiro atoms. The van der Waals surface area contributed by atoms with Gasteiger partial charge in [-0.3, -0.25) is 9.69 Å². The molecule has 1 fully saturated rings. The molecule has 1 aliphatic rings. The first kappa shape index (κ1) is 13.1. The van der Waals surface area contributed by atoms with Crippen LogP contribution in [-0.4, -0.2) is 50.2 Å². The van der Waals surface area contributed by atoms with E-state index in [9.17, 15) is 4.79 Å². The van der Waals surface area contributed by atoms with Crippen LogP contribution in [0.2, 0.25) is 0 Å². The molecule has 0 radical (unpaired) electrons.